The maximum absolute atomic E-state index is 11.8. The lowest BCUT2D eigenvalue weighted by Crippen LogP contribution is -2.12. The number of non-ortho nitro benzene ring substituents is 1. The number of carbonyl (C=O) groups is 2. The number of anilines is 1. The number of nitrogens with zero attached hydrogens (tertiary/aromatic N) is 1. The Bertz CT molecular complexity index is 869. The molecule has 0 saturated carbocycles. The Kier molecular flexibility index (Phi) is 10.6. The normalized spacial score (nSPS) is 10.4. The number of nitro groups is 1. The molecule has 0 heterocycles. The summed E-state index contributed by atoms with van der Waals surface area (Å²) in [7, 11) is 1.60. The molecule has 0 aliphatic rings. The molecule has 2 aromatic rings. The molecule has 1 N–H and O–H groups in total. The highest BCUT2D eigenvalue weighted by Crippen LogP contribution is 2.18. The number of methoxy groups -OCH3 is 1. The molecule has 172 valence electrons. The number of rotatable bonds is 14. The fourth-order valence-electron chi connectivity index (χ4n) is 2.52. The van der Waals surface area contributed by atoms with Gasteiger partial charge in [0.25, 0.3) is 5.69 Å². The van der Waals surface area contributed by atoms with Gasteiger partial charge in [0.1, 0.15) is 18.1 Å². The van der Waals surface area contributed by atoms with Crippen molar-refractivity contribution in [2.45, 2.75) is 19.4 Å². The first-order chi connectivity index (χ1) is 15.5. The largest absolute Gasteiger partial charge is 0.514 e. The molecule has 2 rings (SSSR count). The average Bonchev–Trinajstić information content (AvgIpc) is 2.79. The molecule has 10 nitrogen and oxygen atoms in total. The Balaban J connectivity index is 1.64. The summed E-state index contributed by atoms with van der Waals surface area (Å²) in [6, 6.07) is 12.3. The molecule has 0 aromatic heterocycles. The summed E-state index contributed by atoms with van der Waals surface area (Å²) in [4.78, 5) is 33.6. The molecule has 0 unspecified atom stereocenters. The third kappa shape index (κ3) is 9.54. The van der Waals surface area contributed by atoms with E-state index in [1.807, 2.05) is 12.1 Å². The van der Waals surface area contributed by atoms with Crippen LogP contribution < -0.4 is 10.1 Å². The minimum atomic E-state index is -0.911. The van der Waals surface area contributed by atoms with Gasteiger partial charge in [0.15, 0.2) is 0 Å². The van der Waals surface area contributed by atoms with E-state index in [-0.39, 0.29) is 23.8 Å². The van der Waals surface area contributed by atoms with Gasteiger partial charge in [-0.1, -0.05) is 12.1 Å². The zero-order chi connectivity index (χ0) is 23.2. The van der Waals surface area contributed by atoms with Crippen LogP contribution >= 0.6 is 0 Å². The fourth-order valence-corrected chi connectivity index (χ4v) is 2.52. The van der Waals surface area contributed by atoms with Crippen molar-refractivity contribution in [3.05, 3.63) is 64.2 Å². The number of hydrogen-bond donors (Lipinski definition) is 1. The lowest BCUT2D eigenvalue weighted by molar-refractivity contribution is -0.384. The van der Waals surface area contributed by atoms with Crippen LogP contribution in [0, 0.1) is 10.1 Å². The maximum atomic E-state index is 11.8. The van der Waals surface area contributed by atoms with Gasteiger partial charge in [-0.25, -0.2) is 4.79 Å². The molecule has 0 aliphatic heterocycles. The average molecular weight is 446 g/mol. The number of benzene rings is 2. The lowest BCUT2D eigenvalue weighted by Gasteiger charge is -2.08. The zero-order valence-electron chi connectivity index (χ0n) is 17.8. The molecule has 10 heteroatoms. The van der Waals surface area contributed by atoms with Crippen molar-refractivity contribution in [1.29, 1.82) is 0 Å². The van der Waals surface area contributed by atoms with Crippen LogP contribution in [0.5, 0.6) is 5.75 Å². The van der Waals surface area contributed by atoms with Gasteiger partial charge < -0.3 is 24.3 Å². The van der Waals surface area contributed by atoms with Crippen molar-refractivity contribution in [2.24, 2.45) is 0 Å². The highest BCUT2D eigenvalue weighted by molar-refractivity contribution is 5.79. The molecule has 2 aromatic carbocycles. The van der Waals surface area contributed by atoms with E-state index in [1.54, 1.807) is 19.2 Å². The second-order valence-electron chi connectivity index (χ2n) is 6.66. The van der Waals surface area contributed by atoms with Crippen LogP contribution in [0.2, 0.25) is 0 Å². The van der Waals surface area contributed by atoms with E-state index >= 15 is 0 Å². The van der Waals surface area contributed by atoms with Gasteiger partial charge in [-0.15, -0.1) is 0 Å². The Morgan fingerprint density at radius 3 is 2.34 bits per heavy atom. The minimum Gasteiger partial charge on any atom is -0.429 e. The number of nitro benzene ring substituents is 1. The van der Waals surface area contributed by atoms with E-state index in [1.165, 1.54) is 24.3 Å². The van der Waals surface area contributed by atoms with E-state index in [0.717, 1.165) is 11.3 Å². The van der Waals surface area contributed by atoms with E-state index < -0.39 is 11.1 Å². The first-order valence-corrected chi connectivity index (χ1v) is 9.98. The van der Waals surface area contributed by atoms with Crippen LogP contribution in [0.1, 0.15) is 18.4 Å². The van der Waals surface area contributed by atoms with Crippen LogP contribution in [0.4, 0.5) is 16.2 Å². The van der Waals surface area contributed by atoms with Crippen molar-refractivity contribution in [3.63, 3.8) is 0 Å². The topological polar surface area (TPSA) is 126 Å². The lowest BCUT2D eigenvalue weighted by atomic mass is 10.2. The van der Waals surface area contributed by atoms with E-state index in [9.17, 15) is 19.7 Å². The van der Waals surface area contributed by atoms with E-state index in [4.69, 9.17) is 18.9 Å². The molecule has 0 amide bonds. The molecule has 0 atom stereocenters. The molecule has 0 fully saturated rings. The monoisotopic (exact) mass is 446 g/mol. The Morgan fingerprint density at radius 1 is 0.969 bits per heavy atom. The third-order valence-corrected chi connectivity index (χ3v) is 4.25. The predicted molar refractivity (Wildman–Crippen MR) is 116 cm³/mol. The first kappa shape index (κ1) is 24.8. The minimum absolute atomic E-state index is 0.00759. The molecule has 0 aliphatic carbocycles. The summed E-state index contributed by atoms with van der Waals surface area (Å²) in [5.74, 6) is 0.266. The van der Waals surface area contributed by atoms with Crippen molar-refractivity contribution in [3.8, 4) is 5.75 Å². The number of hydrogen-bond acceptors (Lipinski definition) is 9. The second kappa shape index (κ2) is 13.7. The van der Waals surface area contributed by atoms with Crippen molar-refractivity contribution < 1.29 is 33.5 Å². The summed E-state index contributed by atoms with van der Waals surface area (Å²) in [5, 5.41) is 13.8. The Labute approximate surface area is 185 Å². The number of carbonyl (C=O) groups excluding carboxylic acids is 2. The quantitative estimate of drug-likeness (QED) is 0.152. The molecule has 0 bridgehead atoms. The van der Waals surface area contributed by atoms with Gasteiger partial charge in [0, 0.05) is 44.3 Å². The number of ether oxygens (including phenoxy) is 4. The van der Waals surface area contributed by atoms with Crippen LogP contribution in [-0.2, 0) is 25.6 Å². The van der Waals surface area contributed by atoms with Crippen molar-refractivity contribution >= 4 is 23.3 Å². The number of ketones is 1. The summed E-state index contributed by atoms with van der Waals surface area (Å²) >= 11 is 0. The molecular weight excluding hydrogens is 420 g/mol. The summed E-state index contributed by atoms with van der Waals surface area (Å²) in [6.07, 6.45) is -0.143. The van der Waals surface area contributed by atoms with Crippen LogP contribution in [-0.4, -0.2) is 50.3 Å². The molecule has 0 saturated heterocycles. The summed E-state index contributed by atoms with van der Waals surface area (Å²) in [6.45, 7) is 1.90. The number of Topliss-reactive ketones (excluding diaryl/α,β-unsaturated/α-hetero) is 1. The summed E-state index contributed by atoms with van der Waals surface area (Å²) < 4.78 is 20.2. The second-order valence-corrected chi connectivity index (χ2v) is 6.66. The third-order valence-electron chi connectivity index (χ3n) is 4.25. The molecule has 0 radical (unpaired) electrons. The van der Waals surface area contributed by atoms with E-state index in [2.05, 4.69) is 5.32 Å². The fraction of sp³-hybridized carbons (Fsp3) is 0.364. The highest BCUT2D eigenvalue weighted by Gasteiger charge is 2.09. The molecule has 0 spiro atoms. The molecule has 32 heavy (non-hydrogen) atoms. The standard InChI is InChI=1S/C22H26N2O8/c1-29-14-15-30-13-11-20(25)10-12-23-18-4-2-17(3-5-18)16-31-22(26)32-21-8-6-19(7-9-21)24(27)28/h2-9,23H,10-16H2,1H3. The maximum Gasteiger partial charge on any atom is 0.514 e. The smallest absolute Gasteiger partial charge is 0.429 e. The van der Waals surface area contributed by atoms with Crippen molar-refractivity contribution in [1.82, 2.24) is 0 Å². The number of nitrogens with one attached hydrogen (secondary N) is 1. The Morgan fingerprint density at radius 2 is 1.69 bits per heavy atom. The van der Waals surface area contributed by atoms with Crippen molar-refractivity contribution in [2.75, 3.05) is 38.8 Å². The first-order valence-electron chi connectivity index (χ1n) is 9.98. The summed E-state index contributed by atoms with van der Waals surface area (Å²) in [5.41, 5.74) is 1.49. The highest BCUT2D eigenvalue weighted by atomic mass is 16.7. The van der Waals surface area contributed by atoms with Gasteiger partial charge >= 0.3 is 6.16 Å². The van der Waals surface area contributed by atoms with Gasteiger partial charge in [-0.05, 0) is 29.8 Å². The van der Waals surface area contributed by atoms with Crippen LogP contribution in [0.3, 0.4) is 0 Å². The predicted octanol–water partition coefficient (Wildman–Crippen LogP) is 3.73. The van der Waals surface area contributed by atoms with Gasteiger partial charge in [0.05, 0.1) is 24.7 Å². The van der Waals surface area contributed by atoms with Crippen LogP contribution in [0.25, 0.3) is 0 Å². The SMILES string of the molecule is COCCOCCC(=O)CCNc1ccc(COC(=O)Oc2ccc([N+](=O)[O-])cc2)cc1. The van der Waals surface area contributed by atoms with Gasteiger partial charge in [-0.2, -0.15) is 0 Å². The van der Waals surface area contributed by atoms with Gasteiger partial charge in [-0.3, -0.25) is 14.9 Å². The van der Waals surface area contributed by atoms with E-state index in [0.29, 0.717) is 39.2 Å². The zero-order valence-corrected chi connectivity index (χ0v) is 17.8. The van der Waals surface area contributed by atoms with Crippen LogP contribution in [0.15, 0.2) is 48.5 Å². The molecular formula is C22H26N2O8. The van der Waals surface area contributed by atoms with Gasteiger partial charge in [0.2, 0.25) is 0 Å². The Hall–Kier alpha value is -3.50.